The van der Waals surface area contributed by atoms with Crippen molar-refractivity contribution in [3.05, 3.63) is 56.2 Å². The van der Waals surface area contributed by atoms with E-state index >= 15 is 0 Å². The molecule has 10 nitrogen and oxygen atoms in total. The van der Waals surface area contributed by atoms with Gasteiger partial charge in [0.15, 0.2) is 0 Å². The lowest BCUT2D eigenvalue weighted by atomic mass is 10.7. The maximum absolute atomic E-state index is 13.1. The highest BCUT2D eigenvalue weighted by molar-refractivity contribution is 7.48. The average Bonchev–Trinajstić information content (AvgIpc) is 3.38. The van der Waals surface area contributed by atoms with Crippen LogP contribution in [0, 0.1) is 0 Å². The number of rotatable bonds is 12. The Hall–Kier alpha value is -2.26. The van der Waals surface area contributed by atoms with Crippen molar-refractivity contribution >= 4 is 7.82 Å². The Morgan fingerprint density at radius 2 is 0.966 bits per heavy atom. The Labute approximate surface area is 170 Å². The molecule has 158 valence electrons. The van der Waals surface area contributed by atoms with Gasteiger partial charge < -0.3 is 0 Å². The summed E-state index contributed by atoms with van der Waals surface area (Å²) >= 11 is 0. The van der Waals surface area contributed by atoms with E-state index in [-0.39, 0.29) is 19.8 Å². The molecule has 3 rings (SSSR count). The van der Waals surface area contributed by atoms with Gasteiger partial charge in [0, 0.05) is 0 Å². The molecule has 0 fully saturated rings. The molecule has 0 spiro atoms. The van der Waals surface area contributed by atoms with E-state index in [2.05, 4.69) is 0 Å². The first-order valence-electron chi connectivity index (χ1n) is 9.49. The van der Waals surface area contributed by atoms with Gasteiger partial charge in [-0.05, 0) is 0 Å². The minimum atomic E-state index is -3.67. The smallest absolute Gasteiger partial charge is 0.283 e. The summed E-state index contributed by atoms with van der Waals surface area (Å²) in [5.41, 5.74) is 0. The van der Waals surface area contributed by atoms with Crippen molar-refractivity contribution in [2.45, 2.75) is 19.6 Å². The Morgan fingerprint density at radius 1 is 0.655 bits per heavy atom. The van der Waals surface area contributed by atoms with E-state index in [0.29, 0.717) is 19.6 Å². The van der Waals surface area contributed by atoms with E-state index in [1.807, 2.05) is 105 Å². The lowest BCUT2D eigenvalue weighted by molar-refractivity contribution is -0.671. The number of phosphoric ester groups is 1. The van der Waals surface area contributed by atoms with Gasteiger partial charge in [0.1, 0.15) is 56.8 Å². The third kappa shape index (κ3) is 6.93. The normalized spacial score (nSPS) is 12.0. The molecule has 0 radical (unpaired) electrons. The zero-order chi connectivity index (χ0) is 20.7. The molecule has 0 saturated heterocycles. The topological polar surface area (TPSA) is 71.2 Å². The summed E-state index contributed by atoms with van der Waals surface area (Å²) in [5, 5.41) is 0. The van der Waals surface area contributed by atoms with Gasteiger partial charge in [-0.25, -0.2) is 32.0 Å². The van der Waals surface area contributed by atoms with Gasteiger partial charge >= 0.3 is 7.82 Å². The number of imidazole rings is 3. The third-order valence-electron chi connectivity index (χ3n) is 4.27. The molecule has 3 heterocycles. The maximum Gasteiger partial charge on any atom is 0.475 e. The van der Waals surface area contributed by atoms with Crippen molar-refractivity contribution in [1.82, 2.24) is 13.7 Å². The SMILES string of the molecule is C[n+]1ccn(CCOP(=O)(OCCn2cc[n+](C)c2)OCCn2cc[n+](C)c2)c1. The highest BCUT2D eigenvalue weighted by atomic mass is 31.2. The molecule has 11 heteroatoms. The molecule has 0 bridgehead atoms. The van der Waals surface area contributed by atoms with E-state index in [0.717, 1.165) is 0 Å². The predicted molar refractivity (Wildman–Crippen MR) is 102 cm³/mol. The second-order valence-corrected chi connectivity index (χ2v) is 8.57. The van der Waals surface area contributed by atoms with Crippen LogP contribution in [0.3, 0.4) is 0 Å². The first-order valence-corrected chi connectivity index (χ1v) is 10.9. The van der Waals surface area contributed by atoms with E-state index in [1.165, 1.54) is 0 Å². The molecular formula is C18H30N6O4P+3. The van der Waals surface area contributed by atoms with Crippen LogP contribution < -0.4 is 13.7 Å². The van der Waals surface area contributed by atoms with Gasteiger partial charge in [-0.2, -0.15) is 0 Å². The Balaban J connectivity index is 1.51. The van der Waals surface area contributed by atoms with Crippen LogP contribution in [0.15, 0.2) is 56.2 Å². The fourth-order valence-electron chi connectivity index (χ4n) is 2.79. The summed E-state index contributed by atoms with van der Waals surface area (Å²) in [6, 6.07) is 0. The predicted octanol–water partition coefficient (Wildman–Crippen LogP) is 0.123. The van der Waals surface area contributed by atoms with Crippen LogP contribution in [0.2, 0.25) is 0 Å². The van der Waals surface area contributed by atoms with E-state index in [1.54, 1.807) is 0 Å². The van der Waals surface area contributed by atoms with Gasteiger partial charge in [-0.3, -0.25) is 13.6 Å². The molecule has 0 unspecified atom stereocenters. The van der Waals surface area contributed by atoms with Crippen LogP contribution in [0.5, 0.6) is 0 Å². The number of nitrogens with zero attached hydrogens (tertiary/aromatic N) is 6. The first-order chi connectivity index (χ1) is 13.9. The van der Waals surface area contributed by atoms with Crippen LogP contribution in [0.25, 0.3) is 0 Å². The first kappa shape index (κ1) is 21.4. The molecule has 0 aromatic carbocycles. The van der Waals surface area contributed by atoms with Crippen molar-refractivity contribution in [2.75, 3.05) is 19.8 Å². The van der Waals surface area contributed by atoms with Crippen LogP contribution in [-0.4, -0.2) is 33.5 Å². The molecule has 0 aliphatic heterocycles. The lowest BCUT2D eigenvalue weighted by Gasteiger charge is -2.17. The van der Waals surface area contributed by atoms with E-state index in [9.17, 15) is 4.57 Å². The number of aromatic nitrogens is 6. The fourth-order valence-corrected chi connectivity index (χ4v) is 3.93. The van der Waals surface area contributed by atoms with Gasteiger partial charge in [0.2, 0.25) is 19.0 Å². The summed E-state index contributed by atoms with van der Waals surface area (Å²) in [6.45, 7) is 2.34. The Morgan fingerprint density at radius 3 is 1.21 bits per heavy atom. The largest absolute Gasteiger partial charge is 0.475 e. The van der Waals surface area contributed by atoms with Gasteiger partial charge in [-0.1, -0.05) is 0 Å². The highest BCUT2D eigenvalue weighted by Crippen LogP contribution is 2.49. The van der Waals surface area contributed by atoms with Crippen molar-refractivity contribution in [3.8, 4) is 0 Å². The van der Waals surface area contributed by atoms with Crippen molar-refractivity contribution in [1.29, 1.82) is 0 Å². The minimum Gasteiger partial charge on any atom is -0.283 e. The molecule has 0 saturated carbocycles. The average molecular weight is 425 g/mol. The molecule has 0 atom stereocenters. The number of phosphoric acid groups is 1. The summed E-state index contributed by atoms with van der Waals surface area (Å²) in [6.07, 6.45) is 17.3. The fraction of sp³-hybridized carbons (Fsp3) is 0.500. The number of aryl methyl sites for hydroxylation is 3. The molecule has 29 heavy (non-hydrogen) atoms. The molecule has 3 aromatic heterocycles. The minimum absolute atomic E-state index is 0.225. The van der Waals surface area contributed by atoms with Crippen LogP contribution >= 0.6 is 7.82 Å². The van der Waals surface area contributed by atoms with Gasteiger partial charge in [0.25, 0.3) is 0 Å². The molecular weight excluding hydrogens is 395 g/mol. The van der Waals surface area contributed by atoms with Gasteiger partial charge in [-0.15, -0.1) is 0 Å². The second kappa shape index (κ2) is 9.98. The highest BCUT2D eigenvalue weighted by Gasteiger charge is 2.27. The summed E-state index contributed by atoms with van der Waals surface area (Å²) in [7, 11) is 2.15. The van der Waals surface area contributed by atoms with Gasteiger partial charge in [0.05, 0.1) is 41.0 Å². The van der Waals surface area contributed by atoms with Crippen molar-refractivity contribution in [2.24, 2.45) is 21.1 Å². The Kier molecular flexibility index (Phi) is 7.38. The van der Waals surface area contributed by atoms with E-state index < -0.39 is 7.82 Å². The number of hydrogen-bond donors (Lipinski definition) is 0. The third-order valence-corrected chi connectivity index (χ3v) is 5.76. The molecule has 0 aliphatic rings. The van der Waals surface area contributed by atoms with Crippen molar-refractivity contribution in [3.63, 3.8) is 0 Å². The molecule has 0 N–H and O–H groups in total. The van der Waals surface area contributed by atoms with Crippen LogP contribution in [-0.2, 0) is 58.9 Å². The summed E-state index contributed by atoms with van der Waals surface area (Å²) < 4.78 is 41.5. The quantitative estimate of drug-likeness (QED) is 0.305. The van der Waals surface area contributed by atoms with E-state index in [4.69, 9.17) is 13.6 Å². The summed E-state index contributed by atoms with van der Waals surface area (Å²) in [5.74, 6) is 0. The second-order valence-electron chi connectivity index (χ2n) is 6.90. The summed E-state index contributed by atoms with van der Waals surface area (Å²) in [4.78, 5) is 0. The monoisotopic (exact) mass is 425 g/mol. The molecule has 0 aliphatic carbocycles. The zero-order valence-corrected chi connectivity index (χ0v) is 18.1. The zero-order valence-electron chi connectivity index (χ0n) is 17.2. The Bertz CT molecular complexity index is 830. The lowest BCUT2D eigenvalue weighted by Crippen LogP contribution is -2.24. The van der Waals surface area contributed by atoms with Crippen molar-refractivity contribution < 1.29 is 31.8 Å². The van der Waals surface area contributed by atoms with Crippen LogP contribution in [0.1, 0.15) is 0 Å². The standard InChI is InChI=1S/C18H30N6O4P/c1-19-4-7-22(16-19)10-13-26-29(25,27-14-11-23-8-5-20(2)17-23)28-15-12-24-9-6-21(3)18-24/h4-9,16-18H,10-15H2,1-3H3/q+3. The number of hydrogen-bond acceptors (Lipinski definition) is 4. The molecule has 0 amide bonds. The maximum atomic E-state index is 13.1. The van der Waals surface area contributed by atoms with Crippen LogP contribution in [0.4, 0.5) is 0 Å². The molecule has 3 aromatic rings.